The van der Waals surface area contributed by atoms with Gasteiger partial charge in [0.15, 0.2) is 9.84 Å². The van der Waals surface area contributed by atoms with Gasteiger partial charge in [-0.15, -0.1) is 6.58 Å². The molecule has 0 saturated heterocycles. The molecule has 1 rings (SSSR count). The van der Waals surface area contributed by atoms with E-state index in [1.165, 1.54) is 0 Å². The van der Waals surface area contributed by atoms with Gasteiger partial charge in [0.05, 0.1) is 11.5 Å². The van der Waals surface area contributed by atoms with E-state index < -0.39 is 9.84 Å². The van der Waals surface area contributed by atoms with Crippen molar-refractivity contribution in [3.8, 4) is 5.75 Å². The lowest BCUT2D eigenvalue weighted by atomic mass is 10.1. The quantitative estimate of drug-likeness (QED) is 0.586. The van der Waals surface area contributed by atoms with Crippen molar-refractivity contribution in [3.63, 3.8) is 0 Å². The fraction of sp³-hybridized carbons (Fsp3) is 0.429. The Kier molecular flexibility index (Phi) is 5.89. The van der Waals surface area contributed by atoms with E-state index in [2.05, 4.69) is 6.58 Å². The SMILES string of the molecule is C=CCc1cc(N)ccc1OCCS(=O)(=O)CCC. The van der Waals surface area contributed by atoms with Crippen LogP contribution in [0.4, 0.5) is 5.69 Å². The van der Waals surface area contributed by atoms with Gasteiger partial charge in [0.1, 0.15) is 12.4 Å². The number of nitrogens with two attached hydrogens (primary N) is 1. The zero-order valence-electron chi connectivity index (χ0n) is 11.3. The van der Waals surface area contributed by atoms with E-state index in [9.17, 15) is 8.42 Å². The highest BCUT2D eigenvalue weighted by Crippen LogP contribution is 2.22. The van der Waals surface area contributed by atoms with Gasteiger partial charge in [0, 0.05) is 5.69 Å². The van der Waals surface area contributed by atoms with Crippen molar-refractivity contribution in [2.24, 2.45) is 0 Å². The molecule has 0 unspecified atom stereocenters. The number of nitrogen functional groups attached to an aromatic ring is 1. The number of benzene rings is 1. The molecule has 0 aromatic heterocycles. The van der Waals surface area contributed by atoms with Crippen molar-refractivity contribution >= 4 is 15.5 Å². The fourth-order valence-corrected chi connectivity index (χ4v) is 2.91. The normalized spacial score (nSPS) is 11.2. The first-order valence-electron chi connectivity index (χ1n) is 6.31. The van der Waals surface area contributed by atoms with Crippen molar-refractivity contribution < 1.29 is 13.2 Å². The number of hydrogen-bond donors (Lipinski definition) is 1. The van der Waals surface area contributed by atoms with Gasteiger partial charge in [0.25, 0.3) is 0 Å². The average Bonchev–Trinajstić information content (AvgIpc) is 2.32. The molecule has 5 heteroatoms. The van der Waals surface area contributed by atoms with Crippen molar-refractivity contribution in [1.29, 1.82) is 0 Å². The predicted octanol–water partition coefficient (Wildman–Crippen LogP) is 2.20. The molecular weight excluding hydrogens is 262 g/mol. The molecule has 0 aliphatic rings. The second-order valence-electron chi connectivity index (χ2n) is 4.36. The summed E-state index contributed by atoms with van der Waals surface area (Å²) in [5.41, 5.74) is 7.28. The minimum Gasteiger partial charge on any atom is -0.492 e. The first kappa shape index (κ1) is 15.6. The summed E-state index contributed by atoms with van der Waals surface area (Å²) in [7, 11) is -3.00. The number of anilines is 1. The topological polar surface area (TPSA) is 69.4 Å². The van der Waals surface area contributed by atoms with Crippen molar-refractivity contribution in [2.75, 3.05) is 23.8 Å². The van der Waals surface area contributed by atoms with Crippen LogP contribution in [0.1, 0.15) is 18.9 Å². The van der Waals surface area contributed by atoms with Gasteiger partial charge in [-0.05, 0) is 36.6 Å². The number of ether oxygens (including phenoxy) is 1. The minimum atomic E-state index is -3.00. The van der Waals surface area contributed by atoms with E-state index in [0.29, 0.717) is 24.3 Å². The number of rotatable bonds is 8. The van der Waals surface area contributed by atoms with Crippen LogP contribution in [0.25, 0.3) is 0 Å². The molecule has 0 aliphatic carbocycles. The molecule has 0 atom stereocenters. The molecule has 19 heavy (non-hydrogen) atoms. The maximum atomic E-state index is 11.6. The Balaban J connectivity index is 2.65. The predicted molar refractivity (Wildman–Crippen MR) is 79.2 cm³/mol. The minimum absolute atomic E-state index is 0.0404. The van der Waals surface area contributed by atoms with Gasteiger partial charge in [0.2, 0.25) is 0 Å². The van der Waals surface area contributed by atoms with Crippen LogP contribution in [0.2, 0.25) is 0 Å². The van der Waals surface area contributed by atoms with Crippen LogP contribution in [-0.4, -0.2) is 26.5 Å². The van der Waals surface area contributed by atoms with Gasteiger partial charge in [-0.3, -0.25) is 0 Å². The summed E-state index contributed by atoms with van der Waals surface area (Å²) >= 11 is 0. The van der Waals surface area contributed by atoms with Crippen LogP contribution in [0.3, 0.4) is 0 Å². The third-order valence-corrected chi connectivity index (χ3v) is 4.43. The summed E-state index contributed by atoms with van der Waals surface area (Å²) in [5, 5.41) is 0. The lowest BCUT2D eigenvalue weighted by molar-refractivity contribution is 0.338. The molecule has 0 fully saturated rings. The molecule has 2 N–H and O–H groups in total. The third kappa shape index (κ3) is 5.34. The molecule has 1 aromatic rings. The molecule has 0 amide bonds. The Labute approximate surface area is 115 Å². The van der Waals surface area contributed by atoms with Gasteiger partial charge < -0.3 is 10.5 Å². The van der Waals surface area contributed by atoms with Crippen LogP contribution in [-0.2, 0) is 16.3 Å². The Morgan fingerprint density at radius 2 is 2.11 bits per heavy atom. The highest BCUT2D eigenvalue weighted by atomic mass is 32.2. The zero-order valence-corrected chi connectivity index (χ0v) is 12.1. The van der Waals surface area contributed by atoms with E-state index in [-0.39, 0.29) is 18.1 Å². The first-order valence-corrected chi connectivity index (χ1v) is 8.13. The van der Waals surface area contributed by atoms with E-state index in [1.807, 2.05) is 13.0 Å². The summed E-state index contributed by atoms with van der Waals surface area (Å²) in [4.78, 5) is 0. The van der Waals surface area contributed by atoms with Gasteiger partial charge in [-0.1, -0.05) is 13.0 Å². The van der Waals surface area contributed by atoms with Crippen molar-refractivity contribution in [2.45, 2.75) is 19.8 Å². The van der Waals surface area contributed by atoms with Crippen LogP contribution in [0.15, 0.2) is 30.9 Å². The van der Waals surface area contributed by atoms with Gasteiger partial charge >= 0.3 is 0 Å². The molecule has 0 heterocycles. The van der Waals surface area contributed by atoms with Gasteiger partial charge in [-0.2, -0.15) is 0 Å². The van der Waals surface area contributed by atoms with Crippen LogP contribution >= 0.6 is 0 Å². The molecule has 0 spiro atoms. The molecule has 4 nitrogen and oxygen atoms in total. The molecule has 0 bridgehead atoms. The summed E-state index contributed by atoms with van der Waals surface area (Å²) < 4.78 is 28.7. The molecule has 0 radical (unpaired) electrons. The average molecular weight is 283 g/mol. The zero-order chi connectivity index (χ0) is 14.3. The smallest absolute Gasteiger partial charge is 0.153 e. The summed E-state index contributed by atoms with van der Waals surface area (Å²) in [5.74, 6) is 0.914. The lowest BCUT2D eigenvalue weighted by Crippen LogP contribution is -2.17. The van der Waals surface area contributed by atoms with E-state index in [0.717, 1.165) is 5.56 Å². The highest BCUT2D eigenvalue weighted by Gasteiger charge is 2.10. The third-order valence-electron chi connectivity index (χ3n) is 2.62. The second-order valence-corrected chi connectivity index (χ2v) is 6.66. The maximum Gasteiger partial charge on any atom is 0.153 e. The Morgan fingerprint density at radius 1 is 1.37 bits per heavy atom. The Morgan fingerprint density at radius 3 is 2.74 bits per heavy atom. The largest absolute Gasteiger partial charge is 0.492 e. The second kappa shape index (κ2) is 7.19. The fourth-order valence-electron chi connectivity index (χ4n) is 1.75. The first-order chi connectivity index (χ1) is 8.98. The monoisotopic (exact) mass is 283 g/mol. The van der Waals surface area contributed by atoms with Crippen LogP contribution < -0.4 is 10.5 Å². The van der Waals surface area contributed by atoms with Gasteiger partial charge in [-0.25, -0.2) is 8.42 Å². The maximum absolute atomic E-state index is 11.6. The number of hydrogen-bond acceptors (Lipinski definition) is 4. The van der Waals surface area contributed by atoms with E-state index in [4.69, 9.17) is 10.5 Å². The molecule has 106 valence electrons. The summed E-state index contributed by atoms with van der Waals surface area (Å²) in [6, 6.07) is 5.32. The van der Waals surface area contributed by atoms with E-state index in [1.54, 1.807) is 18.2 Å². The summed E-state index contributed by atoms with van der Waals surface area (Å²) in [6.45, 7) is 5.69. The van der Waals surface area contributed by atoms with Crippen LogP contribution in [0.5, 0.6) is 5.75 Å². The Bertz CT molecular complexity index is 523. The van der Waals surface area contributed by atoms with Crippen LogP contribution in [0, 0.1) is 0 Å². The van der Waals surface area contributed by atoms with E-state index >= 15 is 0 Å². The number of sulfone groups is 1. The lowest BCUT2D eigenvalue weighted by Gasteiger charge is -2.11. The molecular formula is C14H21NO3S. The molecule has 0 saturated carbocycles. The molecule has 0 aliphatic heterocycles. The molecule has 1 aromatic carbocycles. The van der Waals surface area contributed by atoms with Crippen molar-refractivity contribution in [1.82, 2.24) is 0 Å². The number of allylic oxidation sites excluding steroid dienone is 1. The Hall–Kier alpha value is -1.49. The summed E-state index contributed by atoms with van der Waals surface area (Å²) in [6.07, 6.45) is 3.03. The highest BCUT2D eigenvalue weighted by molar-refractivity contribution is 7.91. The van der Waals surface area contributed by atoms with Crippen molar-refractivity contribution in [3.05, 3.63) is 36.4 Å². The standard InChI is InChI=1S/C14H21NO3S/c1-3-5-12-11-13(15)6-7-14(12)18-8-10-19(16,17)9-4-2/h3,6-7,11H,1,4-5,8-10,15H2,2H3.